The molecule has 1 aliphatic rings. The quantitative estimate of drug-likeness (QED) is 0.360. The Hall–Kier alpha value is -3.63. The molecule has 11 heteroatoms. The Morgan fingerprint density at radius 2 is 2.06 bits per heavy atom. The third-order valence-electron chi connectivity index (χ3n) is 5.35. The highest BCUT2D eigenvalue weighted by Crippen LogP contribution is 2.31. The first kappa shape index (κ1) is 20.6. The second-order valence-corrected chi connectivity index (χ2v) is 7.35. The third-order valence-corrected chi connectivity index (χ3v) is 5.35. The van der Waals surface area contributed by atoms with E-state index in [1.165, 1.54) is 28.9 Å². The number of imidazole rings is 1. The molecular formula is C20H21FN6O4. The molecule has 3 aromatic heterocycles. The predicted octanol–water partition coefficient (Wildman–Crippen LogP) is 3.37. The van der Waals surface area contributed by atoms with Crippen molar-refractivity contribution >= 4 is 23.1 Å². The number of anilines is 1. The largest absolute Gasteiger partial charge is 0.466 e. The molecule has 162 valence electrons. The number of pyridine rings is 1. The van der Waals surface area contributed by atoms with Crippen molar-refractivity contribution in [2.24, 2.45) is 5.92 Å². The summed E-state index contributed by atoms with van der Waals surface area (Å²) in [6.45, 7) is 2.12. The van der Waals surface area contributed by atoms with Crippen LogP contribution in [-0.2, 0) is 9.53 Å². The van der Waals surface area contributed by atoms with E-state index in [1.807, 2.05) is 0 Å². The first-order chi connectivity index (χ1) is 15.0. The lowest BCUT2D eigenvalue weighted by molar-refractivity contribution is -0.384. The van der Waals surface area contributed by atoms with Gasteiger partial charge in [-0.15, -0.1) is 0 Å². The maximum atomic E-state index is 13.7. The van der Waals surface area contributed by atoms with Gasteiger partial charge in [-0.25, -0.2) is 19.3 Å². The van der Waals surface area contributed by atoms with Crippen molar-refractivity contribution < 1.29 is 18.8 Å². The van der Waals surface area contributed by atoms with Crippen molar-refractivity contribution in [3.05, 3.63) is 46.7 Å². The summed E-state index contributed by atoms with van der Waals surface area (Å²) < 4.78 is 20.3. The number of rotatable bonds is 6. The van der Waals surface area contributed by atoms with Gasteiger partial charge in [-0.1, -0.05) is 0 Å². The van der Waals surface area contributed by atoms with Crippen molar-refractivity contribution in [2.75, 3.05) is 11.9 Å². The molecule has 4 rings (SSSR count). The van der Waals surface area contributed by atoms with Gasteiger partial charge in [0.1, 0.15) is 23.4 Å². The van der Waals surface area contributed by atoms with Crippen LogP contribution in [0.15, 0.2) is 30.7 Å². The number of nitrogens with one attached hydrogen (secondary N) is 1. The van der Waals surface area contributed by atoms with Gasteiger partial charge in [0.15, 0.2) is 5.82 Å². The van der Waals surface area contributed by atoms with Gasteiger partial charge in [0.05, 0.1) is 23.6 Å². The molecule has 0 bridgehead atoms. The van der Waals surface area contributed by atoms with Crippen LogP contribution in [0.4, 0.5) is 15.9 Å². The fourth-order valence-electron chi connectivity index (χ4n) is 3.79. The molecule has 0 radical (unpaired) electrons. The Morgan fingerprint density at radius 3 is 2.77 bits per heavy atom. The number of aromatic nitrogens is 4. The normalized spacial score (nSPS) is 18.6. The van der Waals surface area contributed by atoms with Crippen LogP contribution < -0.4 is 5.32 Å². The van der Waals surface area contributed by atoms with Gasteiger partial charge in [-0.2, -0.15) is 0 Å². The van der Waals surface area contributed by atoms with E-state index in [1.54, 1.807) is 6.92 Å². The summed E-state index contributed by atoms with van der Waals surface area (Å²) in [5, 5.41) is 14.6. The molecule has 1 N–H and O–H groups in total. The second kappa shape index (κ2) is 8.62. The lowest BCUT2D eigenvalue weighted by Crippen LogP contribution is -2.30. The number of carbonyl (C=O) groups excluding carboxylic acids is 1. The van der Waals surface area contributed by atoms with E-state index in [9.17, 15) is 19.3 Å². The number of fused-ring (bicyclic) bond motifs is 1. The fraction of sp³-hybridized carbons (Fsp3) is 0.400. The topological polar surface area (TPSA) is 125 Å². The summed E-state index contributed by atoms with van der Waals surface area (Å²) >= 11 is 0. The molecule has 10 nitrogen and oxygen atoms in total. The molecule has 3 heterocycles. The third kappa shape index (κ3) is 4.30. The van der Waals surface area contributed by atoms with Gasteiger partial charge in [0, 0.05) is 12.2 Å². The highest BCUT2D eigenvalue weighted by atomic mass is 19.1. The number of hydrogen-bond donors (Lipinski definition) is 1. The molecule has 3 aromatic rings. The summed E-state index contributed by atoms with van der Waals surface area (Å²) in [4.78, 5) is 35.5. The Balaban J connectivity index is 1.58. The molecule has 0 unspecified atom stereocenters. The second-order valence-electron chi connectivity index (χ2n) is 7.35. The molecule has 0 atom stereocenters. The van der Waals surface area contributed by atoms with Crippen LogP contribution in [0, 0.1) is 21.8 Å². The highest BCUT2D eigenvalue weighted by molar-refractivity contribution is 5.72. The van der Waals surface area contributed by atoms with Gasteiger partial charge < -0.3 is 10.1 Å². The van der Waals surface area contributed by atoms with Crippen LogP contribution in [0.1, 0.15) is 32.6 Å². The number of nitrogens with zero attached hydrogens (tertiary/aromatic N) is 5. The van der Waals surface area contributed by atoms with Gasteiger partial charge in [0.2, 0.25) is 5.82 Å². The molecule has 0 amide bonds. The van der Waals surface area contributed by atoms with Crippen LogP contribution in [-0.4, -0.2) is 42.9 Å². The number of carbonyl (C=O) groups is 1. The zero-order valence-electron chi connectivity index (χ0n) is 16.8. The maximum absolute atomic E-state index is 13.7. The minimum Gasteiger partial charge on any atom is -0.466 e. The van der Waals surface area contributed by atoms with Crippen LogP contribution in [0.25, 0.3) is 17.2 Å². The van der Waals surface area contributed by atoms with Crippen LogP contribution in [0.2, 0.25) is 0 Å². The van der Waals surface area contributed by atoms with Gasteiger partial charge in [-0.3, -0.25) is 19.3 Å². The Bertz CT molecular complexity index is 1130. The first-order valence-electron chi connectivity index (χ1n) is 10.0. The molecule has 1 fully saturated rings. The maximum Gasteiger partial charge on any atom is 0.329 e. The highest BCUT2D eigenvalue weighted by Gasteiger charge is 2.29. The number of esters is 1. The molecule has 1 aliphatic carbocycles. The summed E-state index contributed by atoms with van der Waals surface area (Å²) in [5.41, 5.74) is 0.667. The van der Waals surface area contributed by atoms with Crippen LogP contribution in [0.5, 0.6) is 0 Å². The smallest absolute Gasteiger partial charge is 0.329 e. The Labute approximate surface area is 176 Å². The number of nitro groups is 1. The molecule has 0 aliphatic heterocycles. The molecule has 0 saturated heterocycles. The summed E-state index contributed by atoms with van der Waals surface area (Å²) in [7, 11) is 0. The van der Waals surface area contributed by atoms with Crippen molar-refractivity contribution in [3.63, 3.8) is 0 Å². The monoisotopic (exact) mass is 428 g/mol. The number of halogens is 1. The van der Waals surface area contributed by atoms with E-state index in [0.717, 1.165) is 6.20 Å². The van der Waals surface area contributed by atoms with E-state index in [0.29, 0.717) is 43.6 Å². The SMILES string of the molecule is CCOC(=O)[C@H]1CC[C@H](Nc2nc(-c3cnc4ccc(F)cn34)ncc2[N+](=O)[O-])CC1. The lowest BCUT2D eigenvalue weighted by atomic mass is 9.86. The van der Waals surface area contributed by atoms with Gasteiger partial charge >= 0.3 is 11.7 Å². The van der Waals surface area contributed by atoms with Gasteiger partial charge in [-0.05, 0) is 44.7 Å². The summed E-state index contributed by atoms with van der Waals surface area (Å²) in [5.74, 6) is -0.532. The van der Waals surface area contributed by atoms with Crippen molar-refractivity contribution in [1.82, 2.24) is 19.4 Å². The molecular weight excluding hydrogens is 407 g/mol. The summed E-state index contributed by atoms with van der Waals surface area (Å²) in [6, 6.07) is 2.74. The Morgan fingerprint density at radius 1 is 1.29 bits per heavy atom. The first-order valence-corrected chi connectivity index (χ1v) is 10.0. The van der Waals surface area contributed by atoms with Crippen molar-refractivity contribution in [2.45, 2.75) is 38.6 Å². The molecule has 1 saturated carbocycles. The molecule has 31 heavy (non-hydrogen) atoms. The van der Waals surface area contributed by atoms with E-state index >= 15 is 0 Å². The minimum absolute atomic E-state index is 0.0771. The van der Waals surface area contributed by atoms with E-state index in [-0.39, 0.29) is 35.3 Å². The van der Waals surface area contributed by atoms with E-state index in [2.05, 4.69) is 20.3 Å². The van der Waals surface area contributed by atoms with Gasteiger partial charge in [0.25, 0.3) is 0 Å². The molecule has 0 spiro atoms. The lowest BCUT2D eigenvalue weighted by Gasteiger charge is -2.28. The predicted molar refractivity (Wildman–Crippen MR) is 109 cm³/mol. The van der Waals surface area contributed by atoms with E-state index in [4.69, 9.17) is 4.74 Å². The van der Waals surface area contributed by atoms with Crippen LogP contribution in [0.3, 0.4) is 0 Å². The molecule has 0 aromatic carbocycles. The van der Waals surface area contributed by atoms with Crippen LogP contribution >= 0.6 is 0 Å². The fourth-order valence-corrected chi connectivity index (χ4v) is 3.79. The van der Waals surface area contributed by atoms with Crippen molar-refractivity contribution in [3.8, 4) is 11.5 Å². The average Bonchev–Trinajstić information content (AvgIpc) is 3.17. The zero-order valence-corrected chi connectivity index (χ0v) is 16.8. The standard InChI is InChI=1S/C20H21FN6O4/c1-2-31-20(28)12-3-6-14(7-4-12)24-19-16(27(29)30)10-23-18(25-19)15-9-22-17-8-5-13(21)11-26(15)17/h5,8-12,14H,2-4,6-7H2,1H3,(H,23,24,25)/t12-,14-. The summed E-state index contributed by atoms with van der Waals surface area (Å²) in [6.07, 6.45) is 6.45. The minimum atomic E-state index is -0.551. The zero-order chi connectivity index (χ0) is 22.0. The van der Waals surface area contributed by atoms with Crippen molar-refractivity contribution in [1.29, 1.82) is 0 Å². The number of ether oxygens (including phenoxy) is 1. The number of hydrogen-bond acceptors (Lipinski definition) is 8. The van der Waals surface area contributed by atoms with E-state index < -0.39 is 10.7 Å². The average molecular weight is 428 g/mol. The Kier molecular flexibility index (Phi) is 5.74.